The molecule has 0 atom stereocenters. The van der Waals surface area contributed by atoms with Crippen molar-refractivity contribution in [2.45, 2.75) is 45.6 Å². The van der Waals surface area contributed by atoms with Gasteiger partial charge in [0.15, 0.2) is 0 Å². The summed E-state index contributed by atoms with van der Waals surface area (Å²) in [6, 6.07) is 12.4. The first-order valence-electron chi connectivity index (χ1n) is 8.60. The van der Waals surface area contributed by atoms with Crippen molar-refractivity contribution < 1.29 is 14.6 Å². The number of rotatable bonds is 7. The topological polar surface area (TPSA) is 58.6 Å². The van der Waals surface area contributed by atoms with Gasteiger partial charge in [0, 0.05) is 5.56 Å². The molecule has 1 amide bonds. The number of carbonyl (C=O) groups is 1. The van der Waals surface area contributed by atoms with Crippen molar-refractivity contribution in [1.29, 1.82) is 0 Å². The van der Waals surface area contributed by atoms with Crippen molar-refractivity contribution in [2.75, 3.05) is 5.32 Å². The van der Waals surface area contributed by atoms with Crippen LogP contribution >= 0.6 is 11.6 Å². The maximum Gasteiger partial charge on any atom is 0.411 e. The molecule has 0 spiro atoms. The molecule has 0 aromatic heterocycles. The molecule has 5 heteroatoms. The predicted octanol–water partition coefficient (Wildman–Crippen LogP) is 6.23. The van der Waals surface area contributed by atoms with Gasteiger partial charge in [0.2, 0.25) is 0 Å². The first-order valence-corrected chi connectivity index (χ1v) is 8.98. The lowest BCUT2D eigenvalue weighted by molar-refractivity contribution is 0.0988. The minimum absolute atomic E-state index is 0.0252. The van der Waals surface area contributed by atoms with Crippen LogP contribution in [0.1, 0.15) is 39.5 Å². The molecule has 2 aromatic rings. The molecule has 0 saturated heterocycles. The Balaban J connectivity index is 2.17. The van der Waals surface area contributed by atoms with Crippen LogP contribution < -0.4 is 5.32 Å². The van der Waals surface area contributed by atoms with Crippen LogP contribution in [0.25, 0.3) is 11.1 Å². The van der Waals surface area contributed by atoms with E-state index in [0.29, 0.717) is 5.69 Å². The molecular formula is C20H24ClNO3. The van der Waals surface area contributed by atoms with Crippen molar-refractivity contribution in [3.05, 3.63) is 47.5 Å². The molecule has 0 saturated carbocycles. The summed E-state index contributed by atoms with van der Waals surface area (Å²) in [5, 5.41) is 12.7. The number of hydrogen-bond acceptors (Lipinski definition) is 3. The highest BCUT2D eigenvalue weighted by atomic mass is 35.5. The zero-order valence-corrected chi connectivity index (χ0v) is 15.3. The van der Waals surface area contributed by atoms with Crippen molar-refractivity contribution in [3.63, 3.8) is 0 Å². The van der Waals surface area contributed by atoms with E-state index in [2.05, 4.69) is 19.2 Å². The lowest BCUT2D eigenvalue weighted by atomic mass is 10.0. The van der Waals surface area contributed by atoms with Gasteiger partial charge in [-0.3, -0.25) is 5.32 Å². The van der Waals surface area contributed by atoms with Gasteiger partial charge < -0.3 is 9.84 Å². The lowest BCUT2D eigenvalue weighted by Gasteiger charge is -2.18. The van der Waals surface area contributed by atoms with Gasteiger partial charge in [-0.25, -0.2) is 4.79 Å². The molecule has 0 aliphatic rings. The number of para-hydroxylation sites is 1. The van der Waals surface area contributed by atoms with Crippen LogP contribution in [-0.4, -0.2) is 17.3 Å². The number of aromatic hydroxyl groups is 1. The molecule has 2 aromatic carbocycles. The number of hydrogen-bond donors (Lipinski definition) is 2. The van der Waals surface area contributed by atoms with Crippen LogP contribution in [0.3, 0.4) is 0 Å². The number of carbonyl (C=O) groups excluding carboxylic acids is 1. The number of phenolic OH excluding ortho intramolecular Hbond substituents is 1. The second-order valence-corrected chi connectivity index (χ2v) is 6.35. The molecule has 25 heavy (non-hydrogen) atoms. The number of halogens is 1. The normalized spacial score (nSPS) is 10.7. The number of amides is 1. The van der Waals surface area contributed by atoms with Gasteiger partial charge in [-0.15, -0.1) is 0 Å². The van der Waals surface area contributed by atoms with Gasteiger partial charge in [0.25, 0.3) is 0 Å². The summed E-state index contributed by atoms with van der Waals surface area (Å²) in [6.07, 6.45) is 3.14. The largest absolute Gasteiger partial charge is 0.506 e. The average molecular weight is 362 g/mol. The van der Waals surface area contributed by atoms with E-state index in [-0.39, 0.29) is 16.9 Å². The Morgan fingerprint density at radius 2 is 1.84 bits per heavy atom. The number of phenols is 1. The molecule has 2 N–H and O–H groups in total. The van der Waals surface area contributed by atoms with E-state index in [9.17, 15) is 9.90 Å². The fourth-order valence-electron chi connectivity index (χ4n) is 2.72. The van der Waals surface area contributed by atoms with Gasteiger partial charge in [-0.2, -0.15) is 0 Å². The Labute approximate surface area is 153 Å². The molecule has 0 fully saturated rings. The third-order valence-electron chi connectivity index (χ3n) is 3.92. The van der Waals surface area contributed by atoms with Crippen LogP contribution in [0.5, 0.6) is 5.75 Å². The predicted molar refractivity (Wildman–Crippen MR) is 102 cm³/mol. The van der Waals surface area contributed by atoms with Crippen LogP contribution in [0.2, 0.25) is 5.02 Å². The third kappa shape index (κ3) is 5.40. The summed E-state index contributed by atoms with van der Waals surface area (Å²) < 4.78 is 5.55. The highest BCUT2D eigenvalue weighted by molar-refractivity contribution is 6.32. The molecule has 0 unspecified atom stereocenters. The first-order chi connectivity index (χ1) is 12.0. The summed E-state index contributed by atoms with van der Waals surface area (Å²) in [5.41, 5.74) is 2.25. The molecular weight excluding hydrogens is 338 g/mol. The summed E-state index contributed by atoms with van der Waals surface area (Å²) >= 11 is 6.00. The van der Waals surface area contributed by atoms with E-state index in [1.807, 2.05) is 24.3 Å². The van der Waals surface area contributed by atoms with Crippen LogP contribution in [0.15, 0.2) is 42.5 Å². The van der Waals surface area contributed by atoms with Crippen LogP contribution in [0, 0.1) is 0 Å². The van der Waals surface area contributed by atoms with Gasteiger partial charge in [0.05, 0.1) is 10.7 Å². The SMILES string of the molecule is CCCC(CCC)OC(=O)Nc1ccccc1-c1ccc(O)c(Cl)c1. The van der Waals surface area contributed by atoms with E-state index < -0.39 is 6.09 Å². The minimum Gasteiger partial charge on any atom is -0.506 e. The molecule has 2 rings (SSSR count). The maximum absolute atomic E-state index is 12.3. The van der Waals surface area contributed by atoms with E-state index >= 15 is 0 Å². The number of nitrogens with one attached hydrogen (secondary N) is 1. The standard InChI is InChI=1S/C20H24ClNO3/c1-3-7-15(8-4-2)25-20(24)22-18-10-6-5-9-16(18)14-11-12-19(23)17(21)13-14/h5-6,9-13,15,23H,3-4,7-8H2,1-2H3,(H,22,24). The molecule has 0 aliphatic heterocycles. The minimum atomic E-state index is -0.454. The highest BCUT2D eigenvalue weighted by Gasteiger charge is 2.15. The number of benzene rings is 2. The molecule has 0 bridgehead atoms. The fraction of sp³-hybridized carbons (Fsp3) is 0.350. The molecule has 0 aliphatic carbocycles. The number of anilines is 1. The summed E-state index contributed by atoms with van der Waals surface area (Å²) in [6.45, 7) is 4.15. The Hall–Kier alpha value is -2.20. The fourth-order valence-corrected chi connectivity index (χ4v) is 2.90. The van der Waals surface area contributed by atoms with Crippen molar-refractivity contribution >= 4 is 23.4 Å². The van der Waals surface area contributed by atoms with E-state index in [1.165, 1.54) is 6.07 Å². The zero-order valence-electron chi connectivity index (χ0n) is 14.6. The Morgan fingerprint density at radius 1 is 1.16 bits per heavy atom. The molecule has 134 valence electrons. The van der Waals surface area contributed by atoms with E-state index in [1.54, 1.807) is 12.1 Å². The second kappa shape index (κ2) is 9.33. The summed E-state index contributed by atoms with van der Waals surface area (Å²) in [4.78, 5) is 12.3. The van der Waals surface area contributed by atoms with E-state index in [0.717, 1.165) is 36.8 Å². The molecule has 0 radical (unpaired) electrons. The van der Waals surface area contributed by atoms with Crippen LogP contribution in [-0.2, 0) is 4.74 Å². The van der Waals surface area contributed by atoms with Gasteiger partial charge in [-0.1, -0.05) is 62.6 Å². The monoisotopic (exact) mass is 361 g/mol. The van der Waals surface area contributed by atoms with Crippen molar-refractivity contribution in [1.82, 2.24) is 0 Å². The first kappa shape index (κ1) is 19.1. The lowest BCUT2D eigenvalue weighted by Crippen LogP contribution is -2.22. The Kier molecular flexibility index (Phi) is 7.14. The Morgan fingerprint density at radius 3 is 2.48 bits per heavy atom. The molecule has 0 heterocycles. The van der Waals surface area contributed by atoms with Gasteiger partial charge >= 0.3 is 6.09 Å². The average Bonchev–Trinajstić information content (AvgIpc) is 2.58. The zero-order chi connectivity index (χ0) is 18.2. The summed E-state index contributed by atoms with van der Waals surface area (Å²) in [5.74, 6) is 0.0252. The van der Waals surface area contributed by atoms with Crippen LogP contribution in [0.4, 0.5) is 10.5 Å². The Bertz CT molecular complexity index is 712. The van der Waals surface area contributed by atoms with Crippen molar-refractivity contribution in [3.8, 4) is 16.9 Å². The van der Waals surface area contributed by atoms with Gasteiger partial charge in [-0.05, 0) is 36.6 Å². The second-order valence-electron chi connectivity index (χ2n) is 5.94. The van der Waals surface area contributed by atoms with Crippen molar-refractivity contribution in [2.24, 2.45) is 0 Å². The third-order valence-corrected chi connectivity index (χ3v) is 4.22. The van der Waals surface area contributed by atoms with Gasteiger partial charge in [0.1, 0.15) is 11.9 Å². The summed E-state index contributed by atoms with van der Waals surface area (Å²) in [7, 11) is 0. The number of ether oxygens (including phenoxy) is 1. The maximum atomic E-state index is 12.3. The highest BCUT2D eigenvalue weighted by Crippen LogP contribution is 2.33. The van der Waals surface area contributed by atoms with E-state index in [4.69, 9.17) is 16.3 Å². The quantitative estimate of drug-likeness (QED) is 0.614. The molecule has 4 nitrogen and oxygen atoms in total. The smallest absolute Gasteiger partial charge is 0.411 e.